The minimum Gasteiger partial charge on any atom is -0.507 e. The number of benzene rings is 2. The lowest BCUT2D eigenvalue weighted by Gasteiger charge is -2.33. The standard InChI is InChI=1S/C27H35N3O3/c1-15-11-9-10-12-20(15)29-24(32)21-16(2)28-25(33)30-22(21)17-13-18(26(3,4)5)23(31)19(14-17)27(6,7)8/h9-14,22,31H,1-8H3,(H,29,32)(H2,28,30,33)/t22-/m0/s1. The molecule has 1 atom stereocenters. The maximum absolute atomic E-state index is 13.4. The van der Waals surface area contributed by atoms with Gasteiger partial charge in [0.15, 0.2) is 0 Å². The molecular weight excluding hydrogens is 414 g/mol. The van der Waals surface area contributed by atoms with Crippen LogP contribution in [-0.2, 0) is 15.6 Å². The van der Waals surface area contributed by atoms with E-state index in [0.29, 0.717) is 11.3 Å². The van der Waals surface area contributed by atoms with Crippen LogP contribution in [0, 0.1) is 6.92 Å². The number of nitrogens with one attached hydrogen (secondary N) is 3. The fraction of sp³-hybridized carbons (Fsp3) is 0.407. The summed E-state index contributed by atoms with van der Waals surface area (Å²) in [7, 11) is 0. The predicted molar refractivity (Wildman–Crippen MR) is 132 cm³/mol. The van der Waals surface area contributed by atoms with Crippen LogP contribution in [0.1, 0.15) is 76.8 Å². The number of phenolic OH excluding ortho intramolecular Hbond substituents is 1. The first-order valence-corrected chi connectivity index (χ1v) is 11.2. The van der Waals surface area contributed by atoms with Crippen LogP contribution in [0.4, 0.5) is 10.5 Å². The smallest absolute Gasteiger partial charge is 0.319 e. The zero-order valence-corrected chi connectivity index (χ0v) is 20.8. The summed E-state index contributed by atoms with van der Waals surface area (Å²) in [5.41, 5.74) is 4.23. The van der Waals surface area contributed by atoms with Crippen LogP contribution in [0.15, 0.2) is 47.7 Å². The van der Waals surface area contributed by atoms with Gasteiger partial charge in [-0.3, -0.25) is 4.79 Å². The second-order valence-corrected chi connectivity index (χ2v) is 10.8. The van der Waals surface area contributed by atoms with E-state index in [1.54, 1.807) is 6.92 Å². The number of hydrogen-bond acceptors (Lipinski definition) is 3. The Morgan fingerprint density at radius 2 is 1.52 bits per heavy atom. The average molecular weight is 450 g/mol. The molecule has 1 aliphatic rings. The van der Waals surface area contributed by atoms with Gasteiger partial charge in [-0.25, -0.2) is 4.79 Å². The van der Waals surface area contributed by atoms with Crippen LogP contribution in [0.3, 0.4) is 0 Å². The number of para-hydroxylation sites is 1. The SMILES string of the molecule is CC1=C(C(=O)Nc2ccccc2C)[C@H](c2cc(C(C)(C)C)c(O)c(C(C)(C)C)c2)NC(=O)N1. The fourth-order valence-electron chi connectivity index (χ4n) is 4.11. The molecule has 0 radical (unpaired) electrons. The molecule has 1 heterocycles. The van der Waals surface area contributed by atoms with Crippen molar-refractivity contribution in [1.29, 1.82) is 0 Å². The third-order valence-electron chi connectivity index (χ3n) is 5.99. The van der Waals surface area contributed by atoms with Gasteiger partial charge in [0, 0.05) is 11.4 Å². The normalized spacial score (nSPS) is 16.8. The molecule has 1 aliphatic heterocycles. The van der Waals surface area contributed by atoms with Gasteiger partial charge in [0.2, 0.25) is 0 Å². The largest absolute Gasteiger partial charge is 0.507 e. The number of rotatable bonds is 3. The number of aryl methyl sites for hydroxylation is 1. The van der Waals surface area contributed by atoms with Crippen molar-refractivity contribution in [3.05, 3.63) is 69.9 Å². The summed E-state index contributed by atoms with van der Waals surface area (Å²) in [5, 5.41) is 19.7. The van der Waals surface area contributed by atoms with Gasteiger partial charge in [-0.1, -0.05) is 59.7 Å². The third kappa shape index (κ3) is 5.05. The number of carbonyl (C=O) groups excluding carboxylic acids is 2. The highest BCUT2D eigenvalue weighted by Crippen LogP contribution is 2.42. The first kappa shape index (κ1) is 24.4. The zero-order chi connectivity index (χ0) is 24.7. The van der Waals surface area contributed by atoms with Gasteiger partial charge in [0.25, 0.3) is 5.91 Å². The fourth-order valence-corrected chi connectivity index (χ4v) is 4.11. The average Bonchev–Trinajstić information content (AvgIpc) is 2.67. The molecule has 0 saturated carbocycles. The number of phenols is 1. The number of hydrogen-bond donors (Lipinski definition) is 4. The Bertz CT molecular complexity index is 1100. The molecule has 0 aromatic heterocycles. The van der Waals surface area contributed by atoms with Crippen LogP contribution >= 0.6 is 0 Å². The Morgan fingerprint density at radius 3 is 2.03 bits per heavy atom. The Morgan fingerprint density at radius 1 is 0.970 bits per heavy atom. The summed E-state index contributed by atoms with van der Waals surface area (Å²) in [5.74, 6) is -0.0346. The molecule has 4 N–H and O–H groups in total. The van der Waals surface area contributed by atoms with Crippen molar-refractivity contribution in [2.75, 3.05) is 5.32 Å². The Hall–Kier alpha value is -3.28. The third-order valence-corrected chi connectivity index (χ3v) is 5.99. The number of aromatic hydroxyl groups is 1. The van der Waals surface area contributed by atoms with Crippen molar-refractivity contribution < 1.29 is 14.7 Å². The molecule has 2 aromatic carbocycles. The highest BCUT2D eigenvalue weighted by molar-refractivity contribution is 6.07. The lowest BCUT2D eigenvalue weighted by atomic mass is 9.77. The molecule has 0 unspecified atom stereocenters. The molecule has 3 amide bonds. The van der Waals surface area contributed by atoms with E-state index >= 15 is 0 Å². The van der Waals surface area contributed by atoms with E-state index in [1.165, 1.54) is 0 Å². The molecule has 2 aromatic rings. The minimum absolute atomic E-state index is 0.255. The first-order valence-electron chi connectivity index (χ1n) is 11.2. The highest BCUT2D eigenvalue weighted by atomic mass is 16.3. The molecule has 0 fully saturated rings. The van der Waals surface area contributed by atoms with E-state index in [9.17, 15) is 14.7 Å². The lowest BCUT2D eigenvalue weighted by molar-refractivity contribution is -0.113. The second-order valence-electron chi connectivity index (χ2n) is 10.8. The van der Waals surface area contributed by atoms with Crippen LogP contribution in [0.5, 0.6) is 5.75 Å². The van der Waals surface area contributed by atoms with Gasteiger partial charge in [-0.15, -0.1) is 0 Å². The Kier molecular flexibility index (Phi) is 6.33. The number of carbonyl (C=O) groups is 2. The van der Waals surface area contributed by atoms with Gasteiger partial charge in [0.05, 0.1) is 11.6 Å². The molecule has 6 nitrogen and oxygen atoms in total. The van der Waals surface area contributed by atoms with E-state index in [1.807, 2.05) is 84.9 Å². The molecule has 0 spiro atoms. The van der Waals surface area contributed by atoms with Crippen LogP contribution in [0.2, 0.25) is 0 Å². The van der Waals surface area contributed by atoms with Gasteiger partial charge in [0.1, 0.15) is 5.75 Å². The molecule has 3 rings (SSSR count). The topological polar surface area (TPSA) is 90.5 Å². The lowest BCUT2D eigenvalue weighted by Crippen LogP contribution is -2.46. The number of anilines is 1. The van der Waals surface area contributed by atoms with Crippen molar-refractivity contribution in [1.82, 2.24) is 10.6 Å². The predicted octanol–water partition coefficient (Wildman–Crippen LogP) is 5.56. The zero-order valence-electron chi connectivity index (χ0n) is 20.8. The van der Waals surface area contributed by atoms with Crippen LogP contribution in [-0.4, -0.2) is 17.0 Å². The molecule has 176 valence electrons. The molecule has 0 saturated heterocycles. The summed E-state index contributed by atoms with van der Waals surface area (Å²) in [6.45, 7) is 15.9. The molecule has 6 heteroatoms. The number of allylic oxidation sites excluding steroid dienone is 1. The maximum Gasteiger partial charge on any atom is 0.319 e. The molecule has 0 aliphatic carbocycles. The minimum atomic E-state index is -0.662. The molecule has 0 bridgehead atoms. The first-order chi connectivity index (χ1) is 15.2. The molecular formula is C27H35N3O3. The highest BCUT2D eigenvalue weighted by Gasteiger charge is 2.34. The van der Waals surface area contributed by atoms with E-state index in [0.717, 1.165) is 27.9 Å². The van der Waals surface area contributed by atoms with Crippen LogP contribution < -0.4 is 16.0 Å². The van der Waals surface area contributed by atoms with Gasteiger partial charge >= 0.3 is 6.03 Å². The maximum atomic E-state index is 13.4. The quantitative estimate of drug-likeness (QED) is 0.494. The summed E-state index contributed by atoms with van der Waals surface area (Å²) in [6.07, 6.45) is 0. The van der Waals surface area contributed by atoms with Crippen molar-refractivity contribution in [2.45, 2.75) is 72.3 Å². The van der Waals surface area contributed by atoms with E-state index in [2.05, 4.69) is 16.0 Å². The molecule has 33 heavy (non-hydrogen) atoms. The van der Waals surface area contributed by atoms with Crippen molar-refractivity contribution in [3.8, 4) is 5.75 Å². The summed E-state index contributed by atoms with van der Waals surface area (Å²) in [4.78, 5) is 25.9. The van der Waals surface area contributed by atoms with Crippen molar-refractivity contribution in [2.24, 2.45) is 0 Å². The monoisotopic (exact) mass is 449 g/mol. The Balaban J connectivity index is 2.16. The summed E-state index contributed by atoms with van der Waals surface area (Å²) in [6, 6.07) is 10.3. The van der Waals surface area contributed by atoms with Gasteiger partial charge in [-0.05, 0) is 65.1 Å². The van der Waals surface area contributed by atoms with Gasteiger partial charge < -0.3 is 21.1 Å². The van der Waals surface area contributed by atoms with E-state index in [4.69, 9.17) is 0 Å². The Labute approximate surface area is 196 Å². The summed E-state index contributed by atoms with van der Waals surface area (Å²) < 4.78 is 0. The van der Waals surface area contributed by atoms with Gasteiger partial charge in [-0.2, -0.15) is 0 Å². The number of urea groups is 1. The van der Waals surface area contributed by atoms with E-state index < -0.39 is 6.04 Å². The summed E-state index contributed by atoms with van der Waals surface area (Å²) >= 11 is 0. The number of amides is 3. The van der Waals surface area contributed by atoms with Crippen molar-refractivity contribution in [3.63, 3.8) is 0 Å². The van der Waals surface area contributed by atoms with E-state index in [-0.39, 0.29) is 28.5 Å². The van der Waals surface area contributed by atoms with Crippen LogP contribution in [0.25, 0.3) is 0 Å². The second kappa shape index (κ2) is 8.58. The van der Waals surface area contributed by atoms with Crippen molar-refractivity contribution >= 4 is 17.6 Å².